The molecule has 16 heavy (non-hydrogen) atoms. The van der Waals surface area contributed by atoms with Crippen LogP contribution in [0.25, 0.3) is 0 Å². The zero-order valence-corrected chi connectivity index (χ0v) is 10.0. The van der Waals surface area contributed by atoms with Gasteiger partial charge in [-0.25, -0.2) is 0 Å². The highest BCUT2D eigenvalue weighted by atomic mass is 32.2. The Labute approximate surface area is 100 Å². The van der Waals surface area contributed by atoms with Gasteiger partial charge in [0.1, 0.15) is 0 Å². The molecule has 0 saturated carbocycles. The van der Waals surface area contributed by atoms with E-state index in [2.05, 4.69) is 11.8 Å². The zero-order chi connectivity index (χ0) is 11.8. The molecule has 0 radical (unpaired) electrons. The predicted octanol–water partition coefficient (Wildman–Crippen LogP) is 1.85. The van der Waals surface area contributed by atoms with E-state index in [1.165, 1.54) is 18.7 Å². The zero-order valence-electron chi connectivity index (χ0n) is 9.19. The van der Waals surface area contributed by atoms with Gasteiger partial charge in [-0.05, 0) is 24.1 Å². The maximum absolute atomic E-state index is 10.7. The molecule has 0 aliphatic heterocycles. The standard InChI is InChI=1S/C13H14O2S/c1-11(15)16-9-3-6-12-4-2-5-13(10-12)7-8-14/h2,4-5,10,14H,7-9H2,1H3. The van der Waals surface area contributed by atoms with E-state index in [-0.39, 0.29) is 11.7 Å². The molecular formula is C13H14O2S. The van der Waals surface area contributed by atoms with E-state index in [1.54, 1.807) is 0 Å². The molecule has 1 rings (SSSR count). The van der Waals surface area contributed by atoms with Crippen LogP contribution in [0.4, 0.5) is 0 Å². The summed E-state index contributed by atoms with van der Waals surface area (Å²) in [6, 6.07) is 7.77. The summed E-state index contributed by atoms with van der Waals surface area (Å²) in [5.41, 5.74) is 2.00. The van der Waals surface area contributed by atoms with E-state index < -0.39 is 0 Å². The predicted molar refractivity (Wildman–Crippen MR) is 67.2 cm³/mol. The van der Waals surface area contributed by atoms with Crippen molar-refractivity contribution in [2.24, 2.45) is 0 Å². The van der Waals surface area contributed by atoms with E-state index >= 15 is 0 Å². The first-order chi connectivity index (χ1) is 7.72. The van der Waals surface area contributed by atoms with Crippen molar-refractivity contribution in [3.8, 4) is 11.8 Å². The van der Waals surface area contributed by atoms with Crippen molar-refractivity contribution in [1.29, 1.82) is 0 Å². The number of benzene rings is 1. The van der Waals surface area contributed by atoms with Crippen molar-refractivity contribution in [2.45, 2.75) is 13.3 Å². The topological polar surface area (TPSA) is 37.3 Å². The molecule has 1 aromatic rings. The lowest BCUT2D eigenvalue weighted by atomic mass is 10.1. The van der Waals surface area contributed by atoms with Gasteiger partial charge in [0.2, 0.25) is 0 Å². The van der Waals surface area contributed by atoms with Crippen molar-refractivity contribution >= 4 is 16.9 Å². The Morgan fingerprint density at radius 1 is 1.50 bits per heavy atom. The first-order valence-electron chi connectivity index (χ1n) is 5.04. The highest BCUT2D eigenvalue weighted by Gasteiger charge is 1.93. The minimum absolute atomic E-state index is 0.0864. The molecule has 0 fully saturated rings. The number of hydrogen-bond donors (Lipinski definition) is 1. The second-order valence-electron chi connectivity index (χ2n) is 3.26. The van der Waals surface area contributed by atoms with E-state index in [4.69, 9.17) is 5.11 Å². The van der Waals surface area contributed by atoms with Crippen molar-refractivity contribution in [3.05, 3.63) is 35.4 Å². The molecule has 0 atom stereocenters. The molecule has 0 bridgehead atoms. The van der Waals surface area contributed by atoms with E-state index in [1.807, 2.05) is 24.3 Å². The summed E-state index contributed by atoms with van der Waals surface area (Å²) in [5.74, 6) is 6.45. The van der Waals surface area contributed by atoms with Gasteiger partial charge in [0, 0.05) is 19.1 Å². The summed E-state index contributed by atoms with van der Waals surface area (Å²) in [6.45, 7) is 1.69. The van der Waals surface area contributed by atoms with Gasteiger partial charge in [0.05, 0.1) is 5.75 Å². The highest BCUT2D eigenvalue weighted by Crippen LogP contribution is 2.05. The maximum Gasteiger partial charge on any atom is 0.186 e. The Hall–Kier alpha value is -1.24. The summed E-state index contributed by atoms with van der Waals surface area (Å²) >= 11 is 1.21. The fourth-order valence-electron chi connectivity index (χ4n) is 1.21. The normalized spacial score (nSPS) is 9.38. The third-order valence-electron chi connectivity index (χ3n) is 1.91. The number of aliphatic hydroxyl groups excluding tert-OH is 1. The maximum atomic E-state index is 10.7. The summed E-state index contributed by atoms with van der Waals surface area (Å²) in [5, 5.41) is 8.90. The van der Waals surface area contributed by atoms with E-state index in [0.29, 0.717) is 12.2 Å². The molecule has 0 unspecified atom stereocenters. The molecule has 0 aliphatic carbocycles. The van der Waals surface area contributed by atoms with Crippen molar-refractivity contribution in [3.63, 3.8) is 0 Å². The van der Waals surface area contributed by atoms with Crippen LogP contribution in [-0.2, 0) is 11.2 Å². The van der Waals surface area contributed by atoms with Gasteiger partial charge in [-0.2, -0.15) is 0 Å². The van der Waals surface area contributed by atoms with Crippen molar-refractivity contribution < 1.29 is 9.90 Å². The third kappa shape index (κ3) is 5.01. The second kappa shape index (κ2) is 7.10. The van der Waals surface area contributed by atoms with Crippen LogP contribution in [-0.4, -0.2) is 22.6 Å². The van der Waals surface area contributed by atoms with Crippen molar-refractivity contribution in [2.75, 3.05) is 12.4 Å². The van der Waals surface area contributed by atoms with Gasteiger partial charge in [0.25, 0.3) is 0 Å². The number of aliphatic hydroxyl groups is 1. The van der Waals surface area contributed by atoms with Crippen molar-refractivity contribution in [1.82, 2.24) is 0 Å². The fourth-order valence-corrected chi connectivity index (χ4v) is 1.56. The molecular weight excluding hydrogens is 220 g/mol. The van der Waals surface area contributed by atoms with Gasteiger partial charge >= 0.3 is 0 Å². The summed E-state index contributed by atoms with van der Waals surface area (Å²) < 4.78 is 0. The first-order valence-corrected chi connectivity index (χ1v) is 6.03. The van der Waals surface area contributed by atoms with Gasteiger partial charge in [-0.3, -0.25) is 4.79 Å². The van der Waals surface area contributed by atoms with Gasteiger partial charge in [-0.15, -0.1) is 0 Å². The molecule has 1 N–H and O–H groups in total. The largest absolute Gasteiger partial charge is 0.396 e. The first kappa shape index (κ1) is 12.8. The monoisotopic (exact) mass is 234 g/mol. The molecule has 84 valence electrons. The fraction of sp³-hybridized carbons (Fsp3) is 0.308. The Balaban J connectivity index is 2.58. The molecule has 0 spiro atoms. The lowest BCUT2D eigenvalue weighted by Gasteiger charge is -1.97. The smallest absolute Gasteiger partial charge is 0.186 e. The highest BCUT2D eigenvalue weighted by molar-refractivity contribution is 8.13. The Kier molecular flexibility index (Phi) is 5.69. The molecule has 2 nitrogen and oxygen atoms in total. The lowest BCUT2D eigenvalue weighted by Crippen LogP contribution is -1.90. The number of hydrogen-bond acceptors (Lipinski definition) is 3. The van der Waals surface area contributed by atoms with Crippen LogP contribution in [0.3, 0.4) is 0 Å². The number of carbonyl (C=O) groups is 1. The second-order valence-corrected chi connectivity index (χ2v) is 4.41. The number of rotatable bonds is 3. The van der Waals surface area contributed by atoms with E-state index in [9.17, 15) is 4.79 Å². The summed E-state index contributed by atoms with van der Waals surface area (Å²) in [7, 11) is 0. The molecule has 0 aromatic heterocycles. The van der Waals surface area contributed by atoms with Crippen LogP contribution >= 0.6 is 11.8 Å². The van der Waals surface area contributed by atoms with Crippen LogP contribution in [0.5, 0.6) is 0 Å². The quantitative estimate of drug-likeness (QED) is 0.811. The molecule has 0 amide bonds. The average Bonchev–Trinajstić information content (AvgIpc) is 2.25. The number of carbonyl (C=O) groups excluding carboxylic acids is 1. The molecule has 3 heteroatoms. The Morgan fingerprint density at radius 3 is 3.00 bits per heavy atom. The minimum Gasteiger partial charge on any atom is -0.396 e. The third-order valence-corrected chi connectivity index (χ3v) is 2.60. The van der Waals surface area contributed by atoms with Gasteiger partial charge < -0.3 is 5.11 Å². The molecule has 0 saturated heterocycles. The Morgan fingerprint density at radius 2 is 2.31 bits per heavy atom. The van der Waals surface area contributed by atoms with Gasteiger partial charge in [0.15, 0.2) is 5.12 Å². The number of thioether (sulfide) groups is 1. The molecule has 0 aliphatic rings. The molecule has 0 heterocycles. The summed E-state index contributed by atoms with van der Waals surface area (Å²) in [4.78, 5) is 10.7. The SMILES string of the molecule is CC(=O)SCC#Cc1cccc(CCO)c1. The van der Waals surface area contributed by atoms with E-state index in [0.717, 1.165) is 11.1 Å². The van der Waals surface area contributed by atoms with Crippen LogP contribution in [0.15, 0.2) is 24.3 Å². The van der Waals surface area contributed by atoms with Crippen LogP contribution in [0.2, 0.25) is 0 Å². The Bertz CT molecular complexity index is 415. The van der Waals surface area contributed by atoms with Crippen LogP contribution in [0, 0.1) is 11.8 Å². The molecule has 1 aromatic carbocycles. The van der Waals surface area contributed by atoms with Crippen LogP contribution < -0.4 is 0 Å². The lowest BCUT2D eigenvalue weighted by molar-refractivity contribution is -0.109. The minimum atomic E-state index is 0.0864. The van der Waals surface area contributed by atoms with Gasteiger partial charge in [-0.1, -0.05) is 35.7 Å². The van der Waals surface area contributed by atoms with Crippen LogP contribution in [0.1, 0.15) is 18.1 Å². The summed E-state index contributed by atoms with van der Waals surface area (Å²) in [6.07, 6.45) is 0.651. The average molecular weight is 234 g/mol.